The first-order valence-corrected chi connectivity index (χ1v) is 5.79. The van der Waals surface area contributed by atoms with E-state index in [0.717, 1.165) is 18.4 Å². The molecule has 1 aliphatic carbocycles. The third kappa shape index (κ3) is 1.78. The van der Waals surface area contributed by atoms with Gasteiger partial charge in [-0.3, -0.25) is 4.98 Å². The minimum absolute atomic E-state index is 0.177. The lowest BCUT2D eigenvalue weighted by atomic mass is 9.57. The quantitative estimate of drug-likeness (QED) is 0.820. The molecule has 0 spiro atoms. The zero-order valence-electron chi connectivity index (χ0n) is 9.61. The number of nitrogens with two attached hydrogens (primary N) is 1. The van der Waals surface area contributed by atoms with Gasteiger partial charge in [0.15, 0.2) is 0 Å². The molecule has 1 heterocycles. The molecule has 0 atom stereocenters. The van der Waals surface area contributed by atoms with Crippen LogP contribution in [0.3, 0.4) is 0 Å². The Bertz CT molecular complexity index is 313. The predicted molar refractivity (Wildman–Crippen MR) is 62.5 cm³/mol. The van der Waals surface area contributed by atoms with Crippen molar-refractivity contribution < 1.29 is 0 Å². The monoisotopic (exact) mass is 204 g/mol. The van der Waals surface area contributed by atoms with Crippen LogP contribution in [-0.4, -0.2) is 11.5 Å². The van der Waals surface area contributed by atoms with Crippen LogP contribution in [0, 0.1) is 11.8 Å². The van der Waals surface area contributed by atoms with Crippen molar-refractivity contribution in [1.29, 1.82) is 0 Å². The first kappa shape index (κ1) is 10.6. The second-order valence-electron chi connectivity index (χ2n) is 5.11. The van der Waals surface area contributed by atoms with Gasteiger partial charge in [0.25, 0.3) is 0 Å². The topological polar surface area (TPSA) is 38.9 Å². The summed E-state index contributed by atoms with van der Waals surface area (Å²) in [5.74, 6) is 1.60. The molecule has 0 radical (unpaired) electrons. The maximum absolute atomic E-state index is 5.92. The van der Waals surface area contributed by atoms with Gasteiger partial charge < -0.3 is 5.73 Å². The zero-order valence-corrected chi connectivity index (χ0v) is 9.61. The normalized spacial score (nSPS) is 30.3. The zero-order chi connectivity index (χ0) is 10.9. The molecule has 2 N–H and O–H groups in total. The molecule has 0 aromatic carbocycles. The first-order valence-electron chi connectivity index (χ1n) is 5.79. The van der Waals surface area contributed by atoms with Crippen LogP contribution in [0.15, 0.2) is 24.4 Å². The Kier molecular flexibility index (Phi) is 2.79. The fraction of sp³-hybridized carbons (Fsp3) is 0.615. The molecule has 0 unspecified atom stereocenters. The lowest BCUT2D eigenvalue weighted by Crippen LogP contribution is -2.49. The van der Waals surface area contributed by atoms with Crippen LogP contribution in [0.25, 0.3) is 0 Å². The molecule has 2 heteroatoms. The van der Waals surface area contributed by atoms with Crippen LogP contribution in [-0.2, 0) is 5.41 Å². The fourth-order valence-corrected chi connectivity index (χ4v) is 2.57. The van der Waals surface area contributed by atoms with Gasteiger partial charge in [0.1, 0.15) is 0 Å². The van der Waals surface area contributed by atoms with Crippen molar-refractivity contribution >= 4 is 0 Å². The van der Waals surface area contributed by atoms with Gasteiger partial charge in [0.2, 0.25) is 0 Å². The number of rotatable bonds is 3. The van der Waals surface area contributed by atoms with Crippen LogP contribution >= 0.6 is 0 Å². The molecule has 1 aliphatic rings. The molecule has 2 nitrogen and oxygen atoms in total. The molecule has 2 rings (SSSR count). The van der Waals surface area contributed by atoms with Crippen LogP contribution in [0.2, 0.25) is 0 Å². The van der Waals surface area contributed by atoms with Crippen molar-refractivity contribution in [3.63, 3.8) is 0 Å². The number of aromatic nitrogens is 1. The molecule has 1 aromatic heterocycles. The maximum Gasteiger partial charge on any atom is 0.0478 e. The number of pyridine rings is 1. The minimum atomic E-state index is 0.177. The SMILES string of the molecule is CC(C)C1CC(CN)(c2ccccn2)C1. The van der Waals surface area contributed by atoms with Gasteiger partial charge in [0, 0.05) is 23.9 Å². The predicted octanol–water partition coefficient (Wildman–Crippen LogP) is 2.34. The summed E-state index contributed by atoms with van der Waals surface area (Å²) in [6.07, 6.45) is 4.28. The Labute approximate surface area is 91.9 Å². The Hall–Kier alpha value is -0.890. The van der Waals surface area contributed by atoms with Crippen LogP contribution < -0.4 is 5.73 Å². The highest BCUT2D eigenvalue weighted by molar-refractivity contribution is 5.22. The highest BCUT2D eigenvalue weighted by Crippen LogP contribution is 2.49. The molecular formula is C13H20N2. The van der Waals surface area contributed by atoms with Crippen LogP contribution in [0.1, 0.15) is 32.4 Å². The van der Waals surface area contributed by atoms with Crippen molar-refractivity contribution in [1.82, 2.24) is 4.98 Å². The second kappa shape index (κ2) is 3.93. The third-order valence-corrected chi connectivity index (χ3v) is 3.85. The van der Waals surface area contributed by atoms with E-state index in [2.05, 4.69) is 31.0 Å². The van der Waals surface area contributed by atoms with E-state index in [-0.39, 0.29) is 5.41 Å². The largest absolute Gasteiger partial charge is 0.330 e. The van der Waals surface area contributed by atoms with Gasteiger partial charge in [-0.25, -0.2) is 0 Å². The van der Waals surface area contributed by atoms with Gasteiger partial charge in [-0.15, -0.1) is 0 Å². The molecule has 15 heavy (non-hydrogen) atoms. The van der Waals surface area contributed by atoms with Crippen molar-refractivity contribution in [3.05, 3.63) is 30.1 Å². The Morgan fingerprint density at radius 2 is 2.20 bits per heavy atom. The summed E-state index contributed by atoms with van der Waals surface area (Å²) in [5.41, 5.74) is 7.28. The molecule has 1 aromatic rings. The van der Waals surface area contributed by atoms with Gasteiger partial charge in [0.05, 0.1) is 0 Å². The van der Waals surface area contributed by atoms with Crippen molar-refractivity contribution in [3.8, 4) is 0 Å². The van der Waals surface area contributed by atoms with E-state index in [9.17, 15) is 0 Å². The van der Waals surface area contributed by atoms with E-state index in [1.165, 1.54) is 18.5 Å². The third-order valence-electron chi connectivity index (χ3n) is 3.85. The molecular weight excluding hydrogens is 184 g/mol. The summed E-state index contributed by atoms with van der Waals surface area (Å²) in [4.78, 5) is 4.46. The maximum atomic E-state index is 5.92. The van der Waals surface area contributed by atoms with Gasteiger partial charge in [-0.05, 0) is 36.8 Å². The molecule has 82 valence electrons. The number of nitrogens with zero attached hydrogens (tertiary/aromatic N) is 1. The van der Waals surface area contributed by atoms with Crippen molar-refractivity contribution in [2.75, 3.05) is 6.54 Å². The molecule has 0 saturated heterocycles. The van der Waals surface area contributed by atoms with Crippen molar-refractivity contribution in [2.24, 2.45) is 17.6 Å². The Morgan fingerprint density at radius 1 is 1.47 bits per heavy atom. The van der Waals surface area contributed by atoms with E-state index >= 15 is 0 Å². The molecule has 0 bridgehead atoms. The average molecular weight is 204 g/mol. The minimum Gasteiger partial charge on any atom is -0.330 e. The Balaban J connectivity index is 2.14. The van der Waals surface area contributed by atoms with E-state index in [1.54, 1.807) is 0 Å². The summed E-state index contributed by atoms with van der Waals surface area (Å²) in [5, 5.41) is 0. The summed E-state index contributed by atoms with van der Waals surface area (Å²) in [6, 6.07) is 6.14. The Morgan fingerprint density at radius 3 is 2.67 bits per heavy atom. The second-order valence-corrected chi connectivity index (χ2v) is 5.11. The molecule has 0 amide bonds. The summed E-state index contributed by atoms with van der Waals surface area (Å²) in [7, 11) is 0. The molecule has 1 fully saturated rings. The summed E-state index contributed by atoms with van der Waals surface area (Å²) < 4.78 is 0. The molecule has 0 aliphatic heterocycles. The lowest BCUT2D eigenvalue weighted by Gasteiger charge is -2.48. The van der Waals surface area contributed by atoms with E-state index in [0.29, 0.717) is 0 Å². The van der Waals surface area contributed by atoms with E-state index in [4.69, 9.17) is 5.73 Å². The fourth-order valence-electron chi connectivity index (χ4n) is 2.57. The van der Waals surface area contributed by atoms with Gasteiger partial charge in [-0.2, -0.15) is 0 Å². The van der Waals surface area contributed by atoms with E-state index in [1.807, 2.05) is 12.3 Å². The first-order chi connectivity index (χ1) is 7.18. The van der Waals surface area contributed by atoms with E-state index < -0.39 is 0 Å². The number of hydrogen-bond acceptors (Lipinski definition) is 2. The highest BCUT2D eigenvalue weighted by Gasteiger charge is 2.46. The molecule has 1 saturated carbocycles. The summed E-state index contributed by atoms with van der Waals surface area (Å²) in [6.45, 7) is 5.32. The van der Waals surface area contributed by atoms with Crippen LogP contribution in [0.5, 0.6) is 0 Å². The van der Waals surface area contributed by atoms with Gasteiger partial charge >= 0.3 is 0 Å². The summed E-state index contributed by atoms with van der Waals surface area (Å²) >= 11 is 0. The van der Waals surface area contributed by atoms with Crippen molar-refractivity contribution in [2.45, 2.75) is 32.1 Å². The van der Waals surface area contributed by atoms with Crippen LogP contribution in [0.4, 0.5) is 0 Å². The lowest BCUT2D eigenvalue weighted by molar-refractivity contribution is 0.102. The smallest absolute Gasteiger partial charge is 0.0478 e. The standard InChI is InChI=1S/C13H20N2/c1-10(2)11-7-13(8-11,9-14)12-5-3-4-6-15-12/h3-6,10-11H,7-9,14H2,1-2H3. The average Bonchev–Trinajstić information content (AvgIpc) is 2.18. The highest BCUT2D eigenvalue weighted by atomic mass is 14.8. The van der Waals surface area contributed by atoms with Gasteiger partial charge in [-0.1, -0.05) is 19.9 Å². The number of hydrogen-bond donors (Lipinski definition) is 1.